The Morgan fingerprint density at radius 2 is 1.52 bits per heavy atom. The summed E-state index contributed by atoms with van der Waals surface area (Å²) in [6.07, 6.45) is 10.5. The number of piperazine rings is 1. The number of carbonyl (C=O) groups excluding carboxylic acids is 1. The molecule has 0 bridgehead atoms. The van der Waals surface area contributed by atoms with Crippen LogP contribution in [-0.4, -0.2) is 59.5 Å². The number of hydrogen-bond donors (Lipinski definition) is 2. The first-order valence-electron chi connectivity index (χ1n) is 12.2. The van der Waals surface area contributed by atoms with E-state index in [-0.39, 0.29) is 11.8 Å². The molecule has 3 aliphatic rings. The van der Waals surface area contributed by atoms with Crippen molar-refractivity contribution in [1.29, 1.82) is 0 Å². The van der Waals surface area contributed by atoms with Gasteiger partial charge in [-0.25, -0.2) is 0 Å². The van der Waals surface area contributed by atoms with Crippen molar-refractivity contribution in [3.63, 3.8) is 0 Å². The van der Waals surface area contributed by atoms with E-state index in [2.05, 4.69) is 9.89 Å². The molecule has 1 unspecified atom stereocenters. The van der Waals surface area contributed by atoms with Gasteiger partial charge in [0.2, 0.25) is 0 Å². The van der Waals surface area contributed by atoms with Crippen molar-refractivity contribution in [1.82, 2.24) is 9.80 Å². The summed E-state index contributed by atoms with van der Waals surface area (Å²) < 4.78 is 0. The summed E-state index contributed by atoms with van der Waals surface area (Å²) >= 11 is 0. The lowest BCUT2D eigenvalue weighted by molar-refractivity contribution is -0.160. The molecule has 2 aliphatic carbocycles. The van der Waals surface area contributed by atoms with E-state index in [1.165, 1.54) is 32.1 Å². The third kappa shape index (κ3) is 4.89. The molecule has 4 rings (SSSR count). The highest BCUT2D eigenvalue weighted by Crippen LogP contribution is 2.42. The van der Waals surface area contributed by atoms with Gasteiger partial charge in [-0.05, 0) is 37.2 Å². The average molecular weight is 427 g/mol. The topological polar surface area (TPSA) is 82.2 Å². The van der Waals surface area contributed by atoms with E-state index in [4.69, 9.17) is 5.73 Å². The fourth-order valence-corrected chi connectivity index (χ4v) is 5.64. The molecule has 170 valence electrons. The Bertz CT molecular complexity index is 748. The number of aliphatic imine (C=N–C) groups is 1. The van der Waals surface area contributed by atoms with Gasteiger partial charge in [0.25, 0.3) is 5.91 Å². The van der Waals surface area contributed by atoms with Gasteiger partial charge in [0.05, 0.1) is 0 Å². The number of benzene rings is 1. The quantitative estimate of drug-likeness (QED) is 0.560. The second-order valence-electron chi connectivity index (χ2n) is 9.60. The Morgan fingerprint density at radius 3 is 2.16 bits per heavy atom. The van der Waals surface area contributed by atoms with Gasteiger partial charge in [0.15, 0.2) is 11.6 Å². The molecule has 1 aromatic rings. The molecule has 6 heteroatoms. The van der Waals surface area contributed by atoms with E-state index in [9.17, 15) is 9.90 Å². The van der Waals surface area contributed by atoms with E-state index in [1.54, 1.807) is 0 Å². The fraction of sp³-hybridized carbons (Fsp3) is 0.680. The minimum Gasteiger partial charge on any atom is -0.375 e. The van der Waals surface area contributed by atoms with E-state index < -0.39 is 5.60 Å². The number of nitrogens with two attached hydrogens (primary N) is 1. The first kappa shape index (κ1) is 22.1. The molecule has 0 aromatic heterocycles. The highest BCUT2D eigenvalue weighted by Gasteiger charge is 2.48. The Hall–Kier alpha value is -2.08. The summed E-state index contributed by atoms with van der Waals surface area (Å²) in [6.45, 7) is 3.30. The first-order chi connectivity index (χ1) is 15.1. The third-order valence-electron chi connectivity index (χ3n) is 7.61. The smallest absolute Gasteiger partial charge is 0.259 e. The maximum atomic E-state index is 13.6. The standard InChI is InChI=1S/C25H38N4O2/c26-24(27-19-20-9-3-1-4-10-20)29-17-15-28(16-18-29)23(30)25(31,22-13-7-8-14-22)21-11-5-2-6-12-21/h2,5-6,11-12,20,22,31H,1,3-4,7-10,13-19H2,(H2,26,27). The number of rotatable bonds is 5. The van der Waals surface area contributed by atoms with Gasteiger partial charge in [-0.2, -0.15) is 0 Å². The highest BCUT2D eigenvalue weighted by molar-refractivity contribution is 5.87. The molecule has 1 atom stereocenters. The molecule has 0 spiro atoms. The number of guanidine groups is 1. The maximum Gasteiger partial charge on any atom is 0.259 e. The number of hydrogen-bond acceptors (Lipinski definition) is 3. The van der Waals surface area contributed by atoms with Crippen LogP contribution in [0.15, 0.2) is 35.3 Å². The van der Waals surface area contributed by atoms with Crippen LogP contribution in [0.2, 0.25) is 0 Å². The molecule has 1 heterocycles. The lowest BCUT2D eigenvalue weighted by Crippen LogP contribution is -2.58. The van der Waals surface area contributed by atoms with Crippen LogP contribution in [0, 0.1) is 11.8 Å². The molecule has 1 aromatic carbocycles. The van der Waals surface area contributed by atoms with Gasteiger partial charge < -0.3 is 20.6 Å². The summed E-state index contributed by atoms with van der Waals surface area (Å²) in [7, 11) is 0. The minimum atomic E-state index is -1.43. The molecule has 2 saturated carbocycles. The molecule has 31 heavy (non-hydrogen) atoms. The van der Waals surface area contributed by atoms with Crippen LogP contribution in [0.4, 0.5) is 0 Å². The molecule has 3 fully saturated rings. The molecule has 0 radical (unpaired) electrons. The summed E-state index contributed by atoms with van der Waals surface area (Å²) in [5.41, 5.74) is 5.58. The molecular formula is C25H38N4O2. The van der Waals surface area contributed by atoms with Gasteiger partial charge in [-0.15, -0.1) is 0 Å². The van der Waals surface area contributed by atoms with Gasteiger partial charge in [-0.3, -0.25) is 9.79 Å². The predicted octanol–water partition coefficient (Wildman–Crippen LogP) is 3.10. The summed E-state index contributed by atoms with van der Waals surface area (Å²) in [4.78, 5) is 22.2. The van der Waals surface area contributed by atoms with Crippen molar-refractivity contribution in [2.75, 3.05) is 32.7 Å². The van der Waals surface area contributed by atoms with Gasteiger partial charge >= 0.3 is 0 Å². The van der Waals surface area contributed by atoms with Gasteiger partial charge in [0, 0.05) is 38.6 Å². The van der Waals surface area contributed by atoms with E-state index in [0.717, 1.165) is 37.8 Å². The van der Waals surface area contributed by atoms with Crippen LogP contribution in [0.3, 0.4) is 0 Å². The largest absolute Gasteiger partial charge is 0.375 e. The van der Waals surface area contributed by atoms with Crippen LogP contribution in [0.25, 0.3) is 0 Å². The van der Waals surface area contributed by atoms with Gasteiger partial charge in [0.1, 0.15) is 0 Å². The summed E-state index contributed by atoms with van der Waals surface area (Å²) in [6, 6.07) is 9.52. The van der Waals surface area contributed by atoms with Crippen LogP contribution < -0.4 is 5.73 Å². The van der Waals surface area contributed by atoms with Crippen LogP contribution >= 0.6 is 0 Å². The van der Waals surface area contributed by atoms with Crippen molar-refractivity contribution in [3.8, 4) is 0 Å². The number of carbonyl (C=O) groups is 1. The average Bonchev–Trinajstić information content (AvgIpc) is 3.38. The Labute approximate surface area is 186 Å². The highest BCUT2D eigenvalue weighted by atomic mass is 16.3. The zero-order valence-electron chi connectivity index (χ0n) is 18.7. The van der Waals surface area contributed by atoms with Crippen molar-refractivity contribution < 1.29 is 9.90 Å². The van der Waals surface area contributed by atoms with Crippen LogP contribution in [0.1, 0.15) is 63.4 Å². The van der Waals surface area contributed by atoms with E-state index in [1.807, 2.05) is 35.2 Å². The number of amides is 1. The SMILES string of the molecule is NC(=NCC1CCCCC1)N1CCN(C(=O)C(O)(c2ccccc2)C2CCCC2)CC1. The second kappa shape index (κ2) is 10.0. The molecule has 1 amide bonds. The van der Waals surface area contributed by atoms with Crippen molar-refractivity contribution in [2.45, 2.75) is 63.4 Å². The lowest BCUT2D eigenvalue weighted by atomic mass is 9.79. The monoisotopic (exact) mass is 426 g/mol. The normalized spacial score (nSPS) is 23.7. The summed E-state index contributed by atoms with van der Waals surface area (Å²) in [5, 5.41) is 11.8. The van der Waals surface area contributed by atoms with Crippen LogP contribution in [-0.2, 0) is 10.4 Å². The maximum absolute atomic E-state index is 13.6. The van der Waals surface area contributed by atoms with Crippen molar-refractivity contribution in [3.05, 3.63) is 35.9 Å². The molecule has 1 saturated heterocycles. The Balaban J connectivity index is 1.39. The van der Waals surface area contributed by atoms with Crippen molar-refractivity contribution in [2.24, 2.45) is 22.6 Å². The summed E-state index contributed by atoms with van der Waals surface area (Å²) in [5.74, 6) is 1.11. The van der Waals surface area contributed by atoms with E-state index >= 15 is 0 Å². The lowest BCUT2D eigenvalue weighted by Gasteiger charge is -2.41. The Morgan fingerprint density at radius 1 is 0.935 bits per heavy atom. The molecular weight excluding hydrogens is 388 g/mol. The van der Waals surface area contributed by atoms with Gasteiger partial charge in [-0.1, -0.05) is 62.4 Å². The molecule has 3 N–H and O–H groups in total. The molecule has 1 aliphatic heterocycles. The zero-order valence-corrected chi connectivity index (χ0v) is 18.7. The first-order valence-corrected chi connectivity index (χ1v) is 12.2. The predicted molar refractivity (Wildman–Crippen MR) is 124 cm³/mol. The number of aliphatic hydroxyl groups is 1. The van der Waals surface area contributed by atoms with Crippen LogP contribution in [0.5, 0.6) is 0 Å². The van der Waals surface area contributed by atoms with Crippen molar-refractivity contribution >= 4 is 11.9 Å². The second-order valence-corrected chi connectivity index (χ2v) is 9.60. The Kier molecular flexibility index (Phi) is 7.16. The zero-order chi connectivity index (χ0) is 21.7. The molecule has 6 nitrogen and oxygen atoms in total. The minimum absolute atomic E-state index is 0.0115. The number of nitrogens with zero attached hydrogens (tertiary/aromatic N) is 3. The van der Waals surface area contributed by atoms with E-state index in [0.29, 0.717) is 38.1 Å². The fourth-order valence-electron chi connectivity index (χ4n) is 5.64. The third-order valence-corrected chi connectivity index (χ3v) is 7.61.